The van der Waals surface area contributed by atoms with Gasteiger partial charge in [-0.25, -0.2) is 4.79 Å². The first-order valence-electron chi connectivity index (χ1n) is 7.37. The van der Waals surface area contributed by atoms with Crippen LogP contribution in [0.5, 0.6) is 11.5 Å². The highest BCUT2D eigenvalue weighted by Crippen LogP contribution is 2.46. The lowest BCUT2D eigenvalue weighted by Crippen LogP contribution is -2.47. The molecule has 0 radical (unpaired) electrons. The molecule has 0 saturated carbocycles. The number of hydrogen-bond donors (Lipinski definition) is 0. The number of benzene rings is 2. The van der Waals surface area contributed by atoms with Crippen molar-refractivity contribution in [1.82, 2.24) is 4.90 Å². The van der Waals surface area contributed by atoms with Gasteiger partial charge in [-0.3, -0.25) is 4.90 Å². The molecule has 2 aliphatic heterocycles. The average molecular weight is 296 g/mol. The van der Waals surface area contributed by atoms with Crippen LogP contribution >= 0.6 is 0 Å². The fourth-order valence-electron chi connectivity index (χ4n) is 2.81. The number of nitrogens with zero attached hydrogens (tertiary/aromatic N) is 2. The van der Waals surface area contributed by atoms with Crippen LogP contribution in [0, 0.1) is 0 Å². The van der Waals surface area contributed by atoms with Gasteiger partial charge in [-0.1, -0.05) is 24.3 Å². The Kier molecular flexibility index (Phi) is 3.20. The minimum Gasteiger partial charge on any atom is -0.453 e. The summed E-state index contributed by atoms with van der Waals surface area (Å²) in [7, 11) is 0. The number of urea groups is 1. The second-order valence-corrected chi connectivity index (χ2v) is 5.25. The number of amides is 2. The summed E-state index contributed by atoms with van der Waals surface area (Å²) in [4.78, 5) is 16.6. The van der Waals surface area contributed by atoms with Crippen LogP contribution in [0.15, 0.2) is 48.5 Å². The summed E-state index contributed by atoms with van der Waals surface area (Å²) >= 11 is 0. The van der Waals surface area contributed by atoms with Gasteiger partial charge in [0.25, 0.3) is 0 Å². The minimum absolute atomic E-state index is 0.0356. The van der Waals surface area contributed by atoms with E-state index in [4.69, 9.17) is 9.47 Å². The van der Waals surface area contributed by atoms with Gasteiger partial charge in [0.15, 0.2) is 11.5 Å². The highest BCUT2D eigenvalue weighted by molar-refractivity contribution is 6.03. The van der Waals surface area contributed by atoms with Crippen LogP contribution in [-0.2, 0) is 4.74 Å². The highest BCUT2D eigenvalue weighted by atomic mass is 16.5. The number of para-hydroxylation sites is 4. The maximum Gasteiger partial charge on any atom is 0.329 e. The van der Waals surface area contributed by atoms with Crippen molar-refractivity contribution in [2.45, 2.75) is 0 Å². The molecule has 0 unspecified atom stereocenters. The molecule has 1 fully saturated rings. The molecular weight excluding hydrogens is 280 g/mol. The van der Waals surface area contributed by atoms with Crippen LogP contribution in [0.4, 0.5) is 16.2 Å². The molecule has 0 spiro atoms. The van der Waals surface area contributed by atoms with Gasteiger partial charge in [0.1, 0.15) is 0 Å². The second-order valence-electron chi connectivity index (χ2n) is 5.25. The normalized spacial score (nSPS) is 16.5. The number of morpholine rings is 1. The molecule has 0 aliphatic carbocycles. The van der Waals surface area contributed by atoms with Gasteiger partial charge in [-0.15, -0.1) is 0 Å². The lowest BCUT2D eigenvalue weighted by molar-refractivity contribution is 0.0553. The van der Waals surface area contributed by atoms with Crippen LogP contribution < -0.4 is 9.64 Å². The molecule has 112 valence electrons. The molecule has 4 rings (SSSR count). The van der Waals surface area contributed by atoms with Crippen molar-refractivity contribution < 1.29 is 14.3 Å². The van der Waals surface area contributed by atoms with Crippen molar-refractivity contribution in [3.05, 3.63) is 48.5 Å². The van der Waals surface area contributed by atoms with Gasteiger partial charge in [0.2, 0.25) is 0 Å². The molecule has 2 heterocycles. The van der Waals surface area contributed by atoms with Crippen LogP contribution in [-0.4, -0.2) is 37.2 Å². The molecule has 5 heteroatoms. The maximum absolute atomic E-state index is 13.0. The molecule has 1 saturated heterocycles. The van der Waals surface area contributed by atoms with Crippen molar-refractivity contribution in [1.29, 1.82) is 0 Å². The number of fused-ring (bicyclic) bond motifs is 2. The summed E-state index contributed by atoms with van der Waals surface area (Å²) in [6.07, 6.45) is 0. The topological polar surface area (TPSA) is 42.0 Å². The van der Waals surface area contributed by atoms with E-state index in [9.17, 15) is 4.79 Å². The maximum atomic E-state index is 13.0. The average Bonchev–Trinajstić information content (AvgIpc) is 2.60. The first kappa shape index (κ1) is 13.2. The summed E-state index contributed by atoms with van der Waals surface area (Å²) in [5, 5.41) is 0. The molecule has 2 aromatic carbocycles. The van der Waals surface area contributed by atoms with E-state index in [1.54, 1.807) is 4.90 Å². The van der Waals surface area contributed by atoms with E-state index in [2.05, 4.69) is 0 Å². The molecule has 0 atom stereocenters. The van der Waals surface area contributed by atoms with Crippen LogP contribution in [0.1, 0.15) is 0 Å². The fraction of sp³-hybridized carbons (Fsp3) is 0.235. The van der Waals surface area contributed by atoms with E-state index >= 15 is 0 Å². The molecule has 0 bridgehead atoms. The zero-order valence-electron chi connectivity index (χ0n) is 12.1. The molecule has 2 aliphatic rings. The van der Waals surface area contributed by atoms with E-state index in [1.165, 1.54) is 0 Å². The number of hydrogen-bond acceptors (Lipinski definition) is 3. The predicted molar refractivity (Wildman–Crippen MR) is 82.9 cm³/mol. The van der Waals surface area contributed by atoms with Gasteiger partial charge >= 0.3 is 6.03 Å². The Morgan fingerprint density at radius 2 is 1.41 bits per heavy atom. The molecule has 2 amide bonds. The second kappa shape index (κ2) is 5.35. The molecule has 2 aromatic rings. The lowest BCUT2D eigenvalue weighted by atomic mass is 10.1. The lowest BCUT2D eigenvalue weighted by Gasteiger charge is -2.36. The molecule has 0 N–H and O–H groups in total. The number of carbonyl (C=O) groups excluding carboxylic acids is 1. The third-order valence-electron chi connectivity index (χ3n) is 3.91. The van der Waals surface area contributed by atoms with Crippen molar-refractivity contribution in [2.24, 2.45) is 0 Å². The first-order chi connectivity index (χ1) is 10.8. The Labute approximate surface area is 128 Å². The summed E-state index contributed by atoms with van der Waals surface area (Å²) in [6, 6.07) is 15.2. The van der Waals surface area contributed by atoms with Gasteiger partial charge in [-0.05, 0) is 24.3 Å². The standard InChI is InChI=1S/C17H16N2O3/c20-17(18-9-11-21-12-10-18)19-13-5-1-3-7-15(13)22-16-8-4-2-6-14(16)19/h1-8H,9-12H2. The monoisotopic (exact) mass is 296 g/mol. The molecular formula is C17H16N2O3. The number of rotatable bonds is 0. The molecule has 0 aromatic heterocycles. The van der Waals surface area contributed by atoms with E-state index in [0.29, 0.717) is 37.8 Å². The zero-order chi connectivity index (χ0) is 14.9. The number of carbonyl (C=O) groups is 1. The summed E-state index contributed by atoms with van der Waals surface area (Å²) in [6.45, 7) is 2.39. The van der Waals surface area contributed by atoms with Gasteiger partial charge < -0.3 is 14.4 Å². The van der Waals surface area contributed by atoms with Crippen LogP contribution in [0.25, 0.3) is 0 Å². The fourth-order valence-corrected chi connectivity index (χ4v) is 2.81. The van der Waals surface area contributed by atoms with E-state index in [0.717, 1.165) is 11.4 Å². The summed E-state index contributed by atoms with van der Waals surface area (Å²) < 4.78 is 11.2. The Balaban J connectivity index is 1.78. The quantitative estimate of drug-likeness (QED) is 0.748. The van der Waals surface area contributed by atoms with Gasteiger partial charge in [-0.2, -0.15) is 0 Å². The zero-order valence-corrected chi connectivity index (χ0v) is 12.1. The summed E-state index contributed by atoms with van der Waals surface area (Å²) in [5.41, 5.74) is 1.55. The Morgan fingerprint density at radius 1 is 0.864 bits per heavy atom. The third-order valence-corrected chi connectivity index (χ3v) is 3.91. The van der Waals surface area contributed by atoms with E-state index in [-0.39, 0.29) is 6.03 Å². The van der Waals surface area contributed by atoms with E-state index < -0.39 is 0 Å². The van der Waals surface area contributed by atoms with Crippen molar-refractivity contribution >= 4 is 17.4 Å². The third kappa shape index (κ3) is 2.10. The highest BCUT2D eigenvalue weighted by Gasteiger charge is 2.32. The van der Waals surface area contributed by atoms with Crippen molar-refractivity contribution in [3.63, 3.8) is 0 Å². The molecule has 22 heavy (non-hydrogen) atoms. The smallest absolute Gasteiger partial charge is 0.329 e. The van der Waals surface area contributed by atoms with E-state index in [1.807, 2.05) is 53.4 Å². The van der Waals surface area contributed by atoms with Crippen LogP contribution in [0.2, 0.25) is 0 Å². The predicted octanol–water partition coefficient (Wildman–Crippen LogP) is 3.38. The number of anilines is 2. The van der Waals surface area contributed by atoms with Crippen LogP contribution in [0.3, 0.4) is 0 Å². The summed E-state index contributed by atoms with van der Waals surface area (Å²) in [5.74, 6) is 1.39. The largest absolute Gasteiger partial charge is 0.453 e. The first-order valence-corrected chi connectivity index (χ1v) is 7.37. The molecule has 5 nitrogen and oxygen atoms in total. The van der Waals surface area contributed by atoms with Gasteiger partial charge in [0, 0.05) is 13.1 Å². The van der Waals surface area contributed by atoms with Crippen molar-refractivity contribution in [3.8, 4) is 11.5 Å². The number of ether oxygens (including phenoxy) is 2. The minimum atomic E-state index is -0.0356. The van der Waals surface area contributed by atoms with Gasteiger partial charge in [0.05, 0.1) is 24.6 Å². The Morgan fingerprint density at radius 3 is 2.00 bits per heavy atom. The SMILES string of the molecule is O=C(N1CCOCC1)N1c2ccccc2Oc2ccccc21. The van der Waals surface area contributed by atoms with Crippen molar-refractivity contribution in [2.75, 3.05) is 31.2 Å². The Bertz CT molecular complexity index is 665. The Hall–Kier alpha value is -2.53.